The van der Waals surface area contributed by atoms with Crippen molar-refractivity contribution in [1.82, 2.24) is 5.32 Å². The number of anilines is 1. The second-order valence-electron chi connectivity index (χ2n) is 4.67. The fourth-order valence-electron chi connectivity index (χ4n) is 2.33. The van der Waals surface area contributed by atoms with Crippen LogP contribution in [-0.2, 0) is 0 Å². The van der Waals surface area contributed by atoms with Crippen LogP contribution in [0.25, 0.3) is 0 Å². The highest BCUT2D eigenvalue weighted by molar-refractivity contribution is 5.48. The first kappa shape index (κ1) is 12.2. The number of nitrogens with one attached hydrogen (secondary N) is 1. The third-order valence-electron chi connectivity index (χ3n) is 3.28. The number of rotatable bonds is 5. The Morgan fingerprint density at radius 1 is 1.35 bits per heavy atom. The summed E-state index contributed by atoms with van der Waals surface area (Å²) < 4.78 is 5.45. The van der Waals surface area contributed by atoms with Gasteiger partial charge in [-0.3, -0.25) is 0 Å². The molecule has 0 amide bonds. The van der Waals surface area contributed by atoms with Gasteiger partial charge in [0, 0.05) is 19.3 Å². The van der Waals surface area contributed by atoms with Crippen LogP contribution in [0.4, 0.5) is 5.69 Å². The molecule has 0 aliphatic carbocycles. The summed E-state index contributed by atoms with van der Waals surface area (Å²) in [5.41, 5.74) is 1.26. The number of ether oxygens (including phenoxy) is 1. The Labute approximate surface area is 104 Å². The molecule has 1 fully saturated rings. The van der Waals surface area contributed by atoms with E-state index < -0.39 is 0 Å². The second-order valence-corrected chi connectivity index (χ2v) is 4.67. The maximum Gasteiger partial charge on any atom is 0.119 e. The zero-order valence-corrected chi connectivity index (χ0v) is 10.8. The highest BCUT2D eigenvalue weighted by Crippen LogP contribution is 2.20. The summed E-state index contributed by atoms with van der Waals surface area (Å²) in [7, 11) is 2.16. The predicted molar refractivity (Wildman–Crippen MR) is 71.9 cm³/mol. The number of hydrogen-bond donors (Lipinski definition) is 1. The summed E-state index contributed by atoms with van der Waals surface area (Å²) in [6.45, 7) is 6.18. The van der Waals surface area contributed by atoms with E-state index in [0.29, 0.717) is 0 Å². The van der Waals surface area contributed by atoms with Crippen LogP contribution in [-0.4, -0.2) is 33.3 Å². The molecule has 0 bridgehead atoms. The van der Waals surface area contributed by atoms with E-state index in [0.717, 1.165) is 31.4 Å². The van der Waals surface area contributed by atoms with Gasteiger partial charge in [0.05, 0.1) is 6.61 Å². The topological polar surface area (TPSA) is 24.5 Å². The van der Waals surface area contributed by atoms with Crippen LogP contribution in [0.3, 0.4) is 0 Å². The summed E-state index contributed by atoms with van der Waals surface area (Å²) in [6.07, 6.45) is 1.29. The molecule has 1 heterocycles. The molecule has 1 aliphatic rings. The van der Waals surface area contributed by atoms with Crippen LogP contribution < -0.4 is 15.0 Å². The lowest BCUT2D eigenvalue weighted by molar-refractivity contribution is 0.340. The van der Waals surface area contributed by atoms with Crippen molar-refractivity contribution in [3.63, 3.8) is 0 Å². The maximum atomic E-state index is 5.45. The van der Waals surface area contributed by atoms with Gasteiger partial charge < -0.3 is 15.0 Å². The molecular formula is C14H22N2O. The van der Waals surface area contributed by atoms with Crippen LogP contribution >= 0.6 is 0 Å². The SMILES string of the molecule is CCOc1ccc(N(C)CC2CCNC2)cc1. The van der Waals surface area contributed by atoms with Crippen molar-refractivity contribution >= 4 is 5.69 Å². The van der Waals surface area contributed by atoms with Crippen LogP contribution in [0, 0.1) is 5.92 Å². The molecule has 1 aromatic rings. The van der Waals surface area contributed by atoms with Gasteiger partial charge in [-0.25, -0.2) is 0 Å². The number of nitrogens with zero attached hydrogens (tertiary/aromatic N) is 1. The average Bonchev–Trinajstić information content (AvgIpc) is 2.83. The van der Waals surface area contributed by atoms with Gasteiger partial charge in [-0.2, -0.15) is 0 Å². The van der Waals surface area contributed by atoms with E-state index >= 15 is 0 Å². The molecule has 0 radical (unpaired) electrons. The van der Waals surface area contributed by atoms with Crippen molar-refractivity contribution in [2.45, 2.75) is 13.3 Å². The van der Waals surface area contributed by atoms with Crippen molar-refractivity contribution in [2.24, 2.45) is 5.92 Å². The zero-order chi connectivity index (χ0) is 12.1. The van der Waals surface area contributed by atoms with Crippen LogP contribution in [0.1, 0.15) is 13.3 Å². The largest absolute Gasteiger partial charge is 0.494 e. The minimum atomic E-state index is 0.725. The van der Waals surface area contributed by atoms with Gasteiger partial charge >= 0.3 is 0 Å². The third kappa shape index (κ3) is 3.37. The first-order valence-corrected chi connectivity index (χ1v) is 6.44. The average molecular weight is 234 g/mol. The fraction of sp³-hybridized carbons (Fsp3) is 0.571. The van der Waals surface area contributed by atoms with Gasteiger partial charge in [0.25, 0.3) is 0 Å². The lowest BCUT2D eigenvalue weighted by Gasteiger charge is -2.22. The first-order chi connectivity index (χ1) is 8.29. The van der Waals surface area contributed by atoms with Gasteiger partial charge in [-0.1, -0.05) is 0 Å². The predicted octanol–water partition coefficient (Wildman–Crippen LogP) is 2.13. The van der Waals surface area contributed by atoms with Crippen LogP contribution in [0.5, 0.6) is 5.75 Å². The summed E-state index contributed by atoms with van der Waals surface area (Å²) in [4.78, 5) is 2.33. The summed E-state index contributed by atoms with van der Waals surface area (Å²) in [5, 5.41) is 3.41. The van der Waals surface area contributed by atoms with E-state index in [9.17, 15) is 0 Å². The van der Waals surface area contributed by atoms with Gasteiger partial charge in [-0.05, 0) is 56.6 Å². The Morgan fingerprint density at radius 2 is 2.12 bits per heavy atom. The fourth-order valence-corrected chi connectivity index (χ4v) is 2.33. The Morgan fingerprint density at radius 3 is 2.71 bits per heavy atom. The summed E-state index contributed by atoms with van der Waals surface area (Å²) in [6, 6.07) is 8.35. The van der Waals surface area contributed by atoms with Gasteiger partial charge in [0.15, 0.2) is 0 Å². The van der Waals surface area contributed by atoms with E-state index in [1.807, 2.05) is 19.1 Å². The van der Waals surface area contributed by atoms with Crippen molar-refractivity contribution in [3.05, 3.63) is 24.3 Å². The third-order valence-corrected chi connectivity index (χ3v) is 3.28. The first-order valence-electron chi connectivity index (χ1n) is 6.44. The van der Waals surface area contributed by atoms with Crippen molar-refractivity contribution in [2.75, 3.05) is 38.2 Å². The summed E-state index contributed by atoms with van der Waals surface area (Å²) >= 11 is 0. The van der Waals surface area contributed by atoms with E-state index in [2.05, 4.69) is 29.4 Å². The normalized spacial score (nSPS) is 19.3. The van der Waals surface area contributed by atoms with Gasteiger partial charge in [-0.15, -0.1) is 0 Å². The second kappa shape index (κ2) is 5.92. The lowest BCUT2D eigenvalue weighted by Crippen LogP contribution is -2.26. The van der Waals surface area contributed by atoms with Gasteiger partial charge in [0.1, 0.15) is 5.75 Å². The molecule has 94 valence electrons. The van der Waals surface area contributed by atoms with E-state index in [1.165, 1.54) is 18.7 Å². The molecule has 17 heavy (non-hydrogen) atoms. The molecule has 3 heteroatoms. The monoisotopic (exact) mass is 234 g/mol. The molecule has 1 aromatic carbocycles. The number of hydrogen-bond acceptors (Lipinski definition) is 3. The van der Waals surface area contributed by atoms with E-state index in [1.54, 1.807) is 0 Å². The van der Waals surface area contributed by atoms with Gasteiger partial charge in [0.2, 0.25) is 0 Å². The van der Waals surface area contributed by atoms with E-state index in [-0.39, 0.29) is 0 Å². The zero-order valence-electron chi connectivity index (χ0n) is 10.8. The molecule has 0 saturated carbocycles. The Hall–Kier alpha value is -1.22. The molecule has 2 rings (SSSR count). The molecular weight excluding hydrogens is 212 g/mol. The molecule has 1 atom stereocenters. The highest BCUT2D eigenvalue weighted by atomic mass is 16.5. The highest BCUT2D eigenvalue weighted by Gasteiger charge is 2.16. The molecule has 1 unspecified atom stereocenters. The quantitative estimate of drug-likeness (QED) is 0.844. The molecule has 1 N–H and O–H groups in total. The molecule has 0 spiro atoms. The van der Waals surface area contributed by atoms with Crippen molar-refractivity contribution < 1.29 is 4.74 Å². The summed E-state index contributed by atoms with van der Waals surface area (Å²) in [5.74, 6) is 1.73. The smallest absolute Gasteiger partial charge is 0.119 e. The lowest BCUT2D eigenvalue weighted by atomic mass is 10.1. The Bertz CT molecular complexity index is 331. The van der Waals surface area contributed by atoms with Crippen molar-refractivity contribution in [1.29, 1.82) is 0 Å². The van der Waals surface area contributed by atoms with Crippen LogP contribution in [0.2, 0.25) is 0 Å². The van der Waals surface area contributed by atoms with Crippen molar-refractivity contribution in [3.8, 4) is 5.75 Å². The molecule has 1 aliphatic heterocycles. The number of benzene rings is 1. The maximum absolute atomic E-state index is 5.45. The van der Waals surface area contributed by atoms with E-state index in [4.69, 9.17) is 4.74 Å². The molecule has 0 aromatic heterocycles. The minimum absolute atomic E-state index is 0.725. The Balaban J connectivity index is 1.91. The standard InChI is InChI=1S/C14H22N2O/c1-3-17-14-6-4-13(5-7-14)16(2)11-12-8-9-15-10-12/h4-7,12,15H,3,8-11H2,1-2H3. The molecule has 1 saturated heterocycles. The minimum Gasteiger partial charge on any atom is -0.494 e. The molecule has 3 nitrogen and oxygen atoms in total. The van der Waals surface area contributed by atoms with Crippen LogP contribution in [0.15, 0.2) is 24.3 Å². The Kier molecular flexibility index (Phi) is 4.26.